The van der Waals surface area contributed by atoms with Crippen LogP contribution in [0.3, 0.4) is 0 Å². The summed E-state index contributed by atoms with van der Waals surface area (Å²) >= 11 is 0. The van der Waals surface area contributed by atoms with Crippen LogP contribution in [0, 0.1) is 23.1 Å². The number of piperidine rings is 1. The Balaban J connectivity index is 1.93. The number of nitrogens with zero attached hydrogens (tertiary/aromatic N) is 2. The highest BCUT2D eigenvalue weighted by molar-refractivity contribution is 5.73. The Hall–Kier alpha value is -1.93. The molecule has 1 aliphatic rings. The first-order valence-corrected chi connectivity index (χ1v) is 6.77. The minimum absolute atomic E-state index is 0.254. The van der Waals surface area contributed by atoms with Crippen LogP contribution in [-0.2, 0) is 11.3 Å². The van der Waals surface area contributed by atoms with Gasteiger partial charge >= 0.3 is 0 Å². The SMILES string of the molecule is N#Cc1ccc(F)c(CN2CCC(CC(N)=O)CC2)c1. The van der Waals surface area contributed by atoms with Gasteiger partial charge in [-0.25, -0.2) is 4.39 Å². The van der Waals surface area contributed by atoms with Crippen LogP contribution in [0.2, 0.25) is 0 Å². The lowest BCUT2D eigenvalue weighted by Crippen LogP contribution is -2.34. The van der Waals surface area contributed by atoms with Crippen LogP contribution < -0.4 is 5.73 Å². The van der Waals surface area contributed by atoms with Crippen LogP contribution in [-0.4, -0.2) is 23.9 Å². The summed E-state index contributed by atoms with van der Waals surface area (Å²) < 4.78 is 13.7. The summed E-state index contributed by atoms with van der Waals surface area (Å²) in [5.74, 6) is -0.182. The van der Waals surface area contributed by atoms with Crippen molar-refractivity contribution in [2.45, 2.75) is 25.8 Å². The quantitative estimate of drug-likeness (QED) is 0.910. The third kappa shape index (κ3) is 3.78. The largest absolute Gasteiger partial charge is 0.370 e. The smallest absolute Gasteiger partial charge is 0.217 e. The highest BCUT2D eigenvalue weighted by Gasteiger charge is 2.21. The molecule has 1 aliphatic heterocycles. The molecule has 4 nitrogen and oxygen atoms in total. The number of carbonyl (C=O) groups is 1. The average Bonchev–Trinajstić information content (AvgIpc) is 2.43. The van der Waals surface area contributed by atoms with Crippen molar-refractivity contribution in [2.75, 3.05) is 13.1 Å². The Kier molecular flexibility index (Phi) is 4.70. The molecule has 0 radical (unpaired) electrons. The summed E-state index contributed by atoms with van der Waals surface area (Å²) in [6.07, 6.45) is 2.25. The topological polar surface area (TPSA) is 70.1 Å². The maximum Gasteiger partial charge on any atom is 0.217 e. The van der Waals surface area contributed by atoms with Gasteiger partial charge in [0, 0.05) is 18.5 Å². The number of nitrogens with two attached hydrogens (primary N) is 1. The first-order valence-electron chi connectivity index (χ1n) is 6.77. The summed E-state index contributed by atoms with van der Waals surface area (Å²) in [7, 11) is 0. The van der Waals surface area contributed by atoms with E-state index in [0.29, 0.717) is 30.0 Å². The average molecular weight is 275 g/mol. The van der Waals surface area contributed by atoms with Gasteiger partial charge in [0.15, 0.2) is 0 Å². The molecule has 0 aromatic heterocycles. The molecule has 1 aromatic rings. The van der Waals surface area contributed by atoms with Crippen LogP contribution in [0.25, 0.3) is 0 Å². The van der Waals surface area contributed by atoms with E-state index in [0.717, 1.165) is 25.9 Å². The molecular weight excluding hydrogens is 257 g/mol. The van der Waals surface area contributed by atoms with E-state index in [1.165, 1.54) is 12.1 Å². The van der Waals surface area contributed by atoms with Crippen LogP contribution in [0.1, 0.15) is 30.4 Å². The molecule has 0 spiro atoms. The molecule has 2 rings (SSSR count). The first kappa shape index (κ1) is 14.5. The molecule has 1 heterocycles. The van der Waals surface area contributed by atoms with Gasteiger partial charge in [-0.3, -0.25) is 9.69 Å². The van der Waals surface area contributed by atoms with E-state index < -0.39 is 0 Å². The Labute approximate surface area is 118 Å². The van der Waals surface area contributed by atoms with Crippen molar-refractivity contribution in [1.29, 1.82) is 5.26 Å². The third-order valence-corrected chi connectivity index (χ3v) is 3.77. The fourth-order valence-electron chi connectivity index (χ4n) is 2.64. The Morgan fingerprint density at radius 1 is 1.45 bits per heavy atom. The number of nitriles is 1. The van der Waals surface area contributed by atoms with E-state index in [-0.39, 0.29) is 11.7 Å². The van der Waals surface area contributed by atoms with Crippen molar-refractivity contribution in [1.82, 2.24) is 4.90 Å². The zero-order chi connectivity index (χ0) is 14.5. The number of rotatable bonds is 4. The molecule has 1 aromatic carbocycles. The van der Waals surface area contributed by atoms with Crippen molar-refractivity contribution >= 4 is 5.91 Å². The van der Waals surface area contributed by atoms with E-state index in [2.05, 4.69) is 4.90 Å². The van der Waals surface area contributed by atoms with Crippen LogP contribution >= 0.6 is 0 Å². The lowest BCUT2D eigenvalue weighted by molar-refractivity contribution is -0.119. The summed E-state index contributed by atoms with van der Waals surface area (Å²) in [5, 5.41) is 8.85. The van der Waals surface area contributed by atoms with Crippen molar-refractivity contribution < 1.29 is 9.18 Å². The lowest BCUT2D eigenvalue weighted by atomic mass is 9.93. The van der Waals surface area contributed by atoms with Gasteiger partial charge in [0.1, 0.15) is 5.82 Å². The fraction of sp³-hybridized carbons (Fsp3) is 0.467. The number of benzene rings is 1. The highest BCUT2D eigenvalue weighted by Crippen LogP contribution is 2.22. The number of likely N-dealkylation sites (tertiary alicyclic amines) is 1. The number of hydrogen-bond donors (Lipinski definition) is 1. The van der Waals surface area contributed by atoms with Gasteiger partial charge in [-0.1, -0.05) is 0 Å². The molecule has 2 N–H and O–H groups in total. The van der Waals surface area contributed by atoms with Gasteiger partial charge in [-0.05, 0) is 50.0 Å². The Morgan fingerprint density at radius 2 is 2.15 bits per heavy atom. The lowest BCUT2D eigenvalue weighted by Gasteiger charge is -2.31. The van der Waals surface area contributed by atoms with E-state index in [1.807, 2.05) is 6.07 Å². The van der Waals surface area contributed by atoms with Gasteiger partial charge in [-0.15, -0.1) is 0 Å². The molecule has 0 bridgehead atoms. The second-order valence-corrected chi connectivity index (χ2v) is 5.31. The molecule has 1 saturated heterocycles. The second-order valence-electron chi connectivity index (χ2n) is 5.31. The zero-order valence-electron chi connectivity index (χ0n) is 11.3. The van der Waals surface area contributed by atoms with E-state index in [9.17, 15) is 9.18 Å². The molecule has 106 valence electrons. The highest BCUT2D eigenvalue weighted by atomic mass is 19.1. The molecule has 5 heteroatoms. The third-order valence-electron chi connectivity index (χ3n) is 3.77. The summed E-state index contributed by atoms with van der Waals surface area (Å²) in [6.45, 7) is 2.16. The summed E-state index contributed by atoms with van der Waals surface area (Å²) in [5.41, 5.74) is 6.23. The van der Waals surface area contributed by atoms with Gasteiger partial charge < -0.3 is 5.73 Å². The normalized spacial score (nSPS) is 16.8. The molecular formula is C15H18FN3O. The summed E-state index contributed by atoms with van der Waals surface area (Å²) in [4.78, 5) is 13.0. The van der Waals surface area contributed by atoms with Crippen molar-refractivity contribution in [2.24, 2.45) is 11.7 Å². The predicted molar refractivity (Wildman–Crippen MR) is 72.9 cm³/mol. The number of primary amides is 1. The molecule has 1 fully saturated rings. The second kappa shape index (κ2) is 6.49. The van der Waals surface area contributed by atoms with Gasteiger partial charge in [-0.2, -0.15) is 5.26 Å². The zero-order valence-corrected chi connectivity index (χ0v) is 11.3. The Morgan fingerprint density at radius 3 is 2.75 bits per heavy atom. The van der Waals surface area contributed by atoms with Crippen LogP contribution in [0.5, 0.6) is 0 Å². The maximum atomic E-state index is 13.7. The maximum absolute atomic E-state index is 13.7. The van der Waals surface area contributed by atoms with Gasteiger partial charge in [0.2, 0.25) is 5.91 Å². The van der Waals surface area contributed by atoms with Crippen molar-refractivity contribution in [3.8, 4) is 6.07 Å². The van der Waals surface area contributed by atoms with E-state index in [1.54, 1.807) is 6.07 Å². The molecule has 0 unspecified atom stereocenters. The van der Waals surface area contributed by atoms with Gasteiger partial charge in [0.25, 0.3) is 0 Å². The fourth-order valence-corrected chi connectivity index (χ4v) is 2.64. The molecule has 0 aliphatic carbocycles. The van der Waals surface area contributed by atoms with Crippen LogP contribution in [0.4, 0.5) is 4.39 Å². The molecule has 20 heavy (non-hydrogen) atoms. The molecule has 0 saturated carbocycles. The molecule has 0 atom stereocenters. The summed E-state index contributed by atoms with van der Waals surface area (Å²) in [6, 6.07) is 6.45. The van der Waals surface area contributed by atoms with Crippen molar-refractivity contribution in [3.05, 3.63) is 35.1 Å². The minimum Gasteiger partial charge on any atom is -0.370 e. The monoisotopic (exact) mass is 275 g/mol. The number of carbonyl (C=O) groups excluding carboxylic acids is 1. The van der Waals surface area contributed by atoms with Crippen molar-refractivity contribution in [3.63, 3.8) is 0 Å². The van der Waals surface area contributed by atoms with Crippen LogP contribution in [0.15, 0.2) is 18.2 Å². The first-order chi connectivity index (χ1) is 9.58. The van der Waals surface area contributed by atoms with E-state index >= 15 is 0 Å². The minimum atomic E-state index is -0.275. The van der Waals surface area contributed by atoms with Gasteiger partial charge in [0.05, 0.1) is 11.6 Å². The number of halogens is 1. The number of hydrogen-bond acceptors (Lipinski definition) is 3. The van der Waals surface area contributed by atoms with E-state index in [4.69, 9.17) is 11.0 Å². The standard InChI is InChI=1S/C15H18FN3O/c16-14-2-1-12(9-17)7-13(14)10-19-5-3-11(4-6-19)8-15(18)20/h1-2,7,11H,3-6,8,10H2,(H2,18,20). The molecule has 1 amide bonds. The predicted octanol–water partition coefficient (Wildman–Crippen LogP) is 1.78. The number of amides is 1. The Bertz CT molecular complexity index is 530.